The number of allylic oxidation sites excluding steroid dienone is 1. The summed E-state index contributed by atoms with van der Waals surface area (Å²) in [5.74, 6) is 0.0822. The van der Waals surface area contributed by atoms with Gasteiger partial charge in [0.1, 0.15) is 0 Å². The lowest BCUT2D eigenvalue weighted by atomic mass is 9.86. The highest BCUT2D eigenvalue weighted by Crippen LogP contribution is 2.38. The van der Waals surface area contributed by atoms with E-state index in [-0.39, 0.29) is 6.79 Å². The Morgan fingerprint density at radius 3 is 2.78 bits per heavy atom. The van der Waals surface area contributed by atoms with Crippen LogP contribution in [0.1, 0.15) is 46.9 Å². The van der Waals surface area contributed by atoms with Crippen molar-refractivity contribution >= 4 is 40.5 Å². The first-order chi connectivity index (χ1) is 17.5. The third-order valence-corrected chi connectivity index (χ3v) is 6.04. The van der Waals surface area contributed by atoms with Crippen LogP contribution in [0.3, 0.4) is 0 Å². The zero-order chi connectivity index (χ0) is 25.1. The predicted octanol–water partition coefficient (Wildman–Crippen LogP) is 3.84. The number of pyridine rings is 1. The summed E-state index contributed by atoms with van der Waals surface area (Å²) in [5, 5.41) is 5.25. The summed E-state index contributed by atoms with van der Waals surface area (Å²) >= 11 is 0. The largest absolute Gasteiger partial charge is 0.454 e. The number of urea groups is 1. The molecular formula is C27H25N3O6. The molecule has 9 heteroatoms. The zero-order valence-corrected chi connectivity index (χ0v) is 19.8. The SMILES string of the molecule is CCNC(=O)NC(=O)COC(=O)c1c2c(nc3ccccc13)/C(=C/c1ccc3c(c1)OCO3)CCC2. The van der Waals surface area contributed by atoms with E-state index in [1.165, 1.54) is 0 Å². The van der Waals surface area contributed by atoms with Gasteiger partial charge in [-0.25, -0.2) is 14.6 Å². The van der Waals surface area contributed by atoms with E-state index in [1.54, 1.807) is 6.92 Å². The fourth-order valence-corrected chi connectivity index (χ4v) is 4.48. The molecule has 5 rings (SSSR count). The lowest BCUT2D eigenvalue weighted by molar-refractivity contribution is -0.123. The molecule has 2 N–H and O–H groups in total. The standard InChI is InChI=1S/C27H25N3O6/c1-2-28-27(33)30-23(31)14-34-26(32)24-18-7-3-4-9-20(18)29-25-17(6-5-8-19(24)25)12-16-10-11-21-22(13-16)36-15-35-21/h3-4,7,9-13H,2,5-6,8,14-15H2,1H3,(H2,28,30,31,33)/b17-12+. The van der Waals surface area contributed by atoms with Gasteiger partial charge in [-0.05, 0) is 67.2 Å². The topological polar surface area (TPSA) is 116 Å². The number of carbonyl (C=O) groups is 3. The first kappa shape index (κ1) is 23.3. The van der Waals surface area contributed by atoms with Crippen LogP contribution in [0.4, 0.5) is 4.79 Å². The van der Waals surface area contributed by atoms with Crippen LogP contribution in [0.25, 0.3) is 22.6 Å². The van der Waals surface area contributed by atoms with E-state index in [0.29, 0.717) is 40.9 Å². The molecule has 2 heterocycles. The van der Waals surface area contributed by atoms with Crippen LogP contribution in [0.15, 0.2) is 42.5 Å². The second-order valence-electron chi connectivity index (χ2n) is 8.45. The average Bonchev–Trinajstić information content (AvgIpc) is 3.34. The Bertz CT molecular complexity index is 1400. The number of fused-ring (bicyclic) bond motifs is 3. The molecule has 36 heavy (non-hydrogen) atoms. The van der Waals surface area contributed by atoms with Gasteiger partial charge in [0.05, 0.1) is 16.8 Å². The van der Waals surface area contributed by atoms with Gasteiger partial charge in [-0.3, -0.25) is 10.1 Å². The number of hydrogen-bond donors (Lipinski definition) is 2. The number of hydrogen-bond acceptors (Lipinski definition) is 7. The molecule has 0 saturated carbocycles. The third-order valence-electron chi connectivity index (χ3n) is 6.04. The van der Waals surface area contributed by atoms with Crippen molar-refractivity contribution in [3.63, 3.8) is 0 Å². The summed E-state index contributed by atoms with van der Waals surface area (Å²) < 4.78 is 16.2. The summed E-state index contributed by atoms with van der Waals surface area (Å²) in [6, 6.07) is 12.5. The molecule has 2 aliphatic rings. The number of ether oxygens (including phenoxy) is 3. The molecule has 0 bridgehead atoms. The fourth-order valence-electron chi connectivity index (χ4n) is 4.48. The first-order valence-electron chi connectivity index (χ1n) is 11.8. The Kier molecular flexibility index (Phi) is 6.53. The Morgan fingerprint density at radius 1 is 1.08 bits per heavy atom. The Labute approximate surface area is 207 Å². The highest BCUT2D eigenvalue weighted by Gasteiger charge is 2.26. The molecule has 184 valence electrons. The van der Waals surface area contributed by atoms with Crippen LogP contribution < -0.4 is 20.1 Å². The van der Waals surface area contributed by atoms with Crippen LogP contribution in [0.5, 0.6) is 11.5 Å². The maximum absolute atomic E-state index is 13.3. The number of para-hydroxylation sites is 1. The quantitative estimate of drug-likeness (QED) is 0.525. The van der Waals surface area contributed by atoms with E-state index >= 15 is 0 Å². The molecule has 0 unspecified atom stereocenters. The number of benzene rings is 2. The smallest absolute Gasteiger partial charge is 0.339 e. The molecule has 3 aromatic rings. The third kappa shape index (κ3) is 4.72. The monoisotopic (exact) mass is 487 g/mol. The Balaban J connectivity index is 1.48. The van der Waals surface area contributed by atoms with Crippen molar-refractivity contribution in [3.8, 4) is 11.5 Å². The maximum atomic E-state index is 13.3. The van der Waals surface area contributed by atoms with E-state index in [4.69, 9.17) is 19.2 Å². The molecule has 0 atom stereocenters. The summed E-state index contributed by atoms with van der Waals surface area (Å²) in [6.07, 6.45) is 4.34. The van der Waals surface area contributed by atoms with E-state index in [1.807, 2.05) is 42.5 Å². The summed E-state index contributed by atoms with van der Waals surface area (Å²) in [7, 11) is 0. The van der Waals surface area contributed by atoms with E-state index in [9.17, 15) is 14.4 Å². The fraction of sp³-hybridized carbons (Fsp3) is 0.259. The number of aromatic nitrogens is 1. The molecule has 0 fully saturated rings. The van der Waals surface area contributed by atoms with Crippen molar-refractivity contribution < 1.29 is 28.6 Å². The van der Waals surface area contributed by atoms with Crippen molar-refractivity contribution in [1.29, 1.82) is 0 Å². The number of carbonyl (C=O) groups excluding carboxylic acids is 3. The predicted molar refractivity (Wildman–Crippen MR) is 133 cm³/mol. The van der Waals surface area contributed by atoms with Crippen LogP contribution in [-0.4, -0.2) is 42.8 Å². The average molecular weight is 488 g/mol. The molecule has 1 aliphatic heterocycles. The Hall–Kier alpha value is -4.40. The number of rotatable bonds is 5. The molecule has 0 spiro atoms. The molecule has 3 amide bonds. The van der Waals surface area contributed by atoms with Gasteiger partial charge in [-0.1, -0.05) is 24.3 Å². The second kappa shape index (κ2) is 10.1. The molecule has 0 radical (unpaired) electrons. The summed E-state index contributed by atoms with van der Waals surface area (Å²) in [5.41, 5.74) is 4.55. The van der Waals surface area contributed by atoms with Crippen molar-refractivity contribution in [3.05, 3.63) is 64.8 Å². The molecule has 1 aromatic heterocycles. The van der Waals surface area contributed by atoms with Crippen LogP contribution in [0.2, 0.25) is 0 Å². The van der Waals surface area contributed by atoms with Gasteiger partial charge in [0.2, 0.25) is 6.79 Å². The maximum Gasteiger partial charge on any atom is 0.339 e. The normalized spacial score (nSPS) is 14.9. The van der Waals surface area contributed by atoms with Crippen molar-refractivity contribution in [2.45, 2.75) is 26.2 Å². The number of amides is 3. The first-order valence-corrected chi connectivity index (χ1v) is 11.8. The van der Waals surface area contributed by atoms with E-state index in [0.717, 1.165) is 35.2 Å². The molecule has 0 saturated heterocycles. The van der Waals surface area contributed by atoms with Crippen LogP contribution >= 0.6 is 0 Å². The van der Waals surface area contributed by atoms with Crippen molar-refractivity contribution in [1.82, 2.24) is 15.6 Å². The zero-order valence-electron chi connectivity index (χ0n) is 19.8. The highest BCUT2D eigenvalue weighted by atomic mass is 16.7. The minimum atomic E-state index is -0.704. The van der Waals surface area contributed by atoms with Crippen molar-refractivity contribution in [2.75, 3.05) is 19.9 Å². The van der Waals surface area contributed by atoms with Gasteiger partial charge in [-0.15, -0.1) is 0 Å². The van der Waals surface area contributed by atoms with Crippen LogP contribution in [0, 0.1) is 0 Å². The van der Waals surface area contributed by atoms with Gasteiger partial charge in [0.15, 0.2) is 18.1 Å². The molecular weight excluding hydrogens is 462 g/mol. The van der Waals surface area contributed by atoms with Gasteiger partial charge >= 0.3 is 12.0 Å². The van der Waals surface area contributed by atoms with Gasteiger partial charge < -0.3 is 19.5 Å². The number of nitrogens with one attached hydrogen (secondary N) is 2. The highest BCUT2D eigenvalue weighted by molar-refractivity contribution is 6.07. The van der Waals surface area contributed by atoms with Crippen LogP contribution in [-0.2, 0) is 16.0 Å². The molecule has 2 aromatic carbocycles. The minimum absolute atomic E-state index is 0.207. The summed E-state index contributed by atoms with van der Waals surface area (Å²) in [6.45, 7) is 1.74. The number of nitrogens with zero attached hydrogens (tertiary/aromatic N) is 1. The lowest BCUT2D eigenvalue weighted by Gasteiger charge is -2.22. The second-order valence-corrected chi connectivity index (χ2v) is 8.45. The molecule has 1 aliphatic carbocycles. The Morgan fingerprint density at radius 2 is 1.92 bits per heavy atom. The van der Waals surface area contributed by atoms with E-state index in [2.05, 4.69) is 16.7 Å². The number of esters is 1. The summed E-state index contributed by atoms with van der Waals surface area (Å²) in [4.78, 5) is 41.8. The molecule has 9 nitrogen and oxygen atoms in total. The lowest BCUT2D eigenvalue weighted by Crippen LogP contribution is -2.41. The van der Waals surface area contributed by atoms with Gasteiger partial charge in [-0.2, -0.15) is 0 Å². The minimum Gasteiger partial charge on any atom is -0.454 e. The van der Waals surface area contributed by atoms with Crippen molar-refractivity contribution in [2.24, 2.45) is 0 Å². The number of imide groups is 1. The van der Waals surface area contributed by atoms with E-state index < -0.39 is 24.5 Å². The van der Waals surface area contributed by atoms with Gasteiger partial charge in [0.25, 0.3) is 5.91 Å². The van der Waals surface area contributed by atoms with Gasteiger partial charge in [0, 0.05) is 11.9 Å².